The lowest BCUT2D eigenvalue weighted by Crippen LogP contribution is -2.67. The Morgan fingerprint density at radius 2 is 1.89 bits per heavy atom. The van der Waals surface area contributed by atoms with Crippen LogP contribution in [0.2, 0.25) is 0 Å². The number of pyridine rings is 1. The van der Waals surface area contributed by atoms with Crippen LogP contribution in [-0.4, -0.2) is 58.6 Å². The first-order chi connectivity index (χ1) is 16.4. The molecule has 2 fully saturated rings. The highest BCUT2D eigenvalue weighted by atomic mass is 16.5. The fourth-order valence-corrected chi connectivity index (χ4v) is 5.28. The molecular weight excluding hydrogens is 444 g/mol. The van der Waals surface area contributed by atoms with Gasteiger partial charge in [0.25, 0.3) is 0 Å². The number of aliphatic hydroxyl groups is 1. The number of hydrogen-bond acceptors (Lipinski definition) is 8. The van der Waals surface area contributed by atoms with Gasteiger partial charge in [-0.25, -0.2) is 0 Å². The first-order valence-corrected chi connectivity index (χ1v) is 11.8. The van der Waals surface area contributed by atoms with E-state index in [1.54, 1.807) is 18.2 Å². The molecule has 0 bridgehead atoms. The van der Waals surface area contributed by atoms with Crippen LogP contribution < -0.4 is 10.1 Å². The van der Waals surface area contributed by atoms with Crippen LogP contribution >= 0.6 is 0 Å². The predicted octanol–water partition coefficient (Wildman–Crippen LogP) is 2.92. The molecule has 2 heterocycles. The van der Waals surface area contributed by atoms with Gasteiger partial charge in [0.2, 0.25) is 0 Å². The van der Waals surface area contributed by atoms with Gasteiger partial charge in [-0.2, -0.15) is 5.26 Å². The molecule has 1 aromatic carbocycles. The number of ketones is 2. The number of methoxy groups -OCH3 is 1. The number of aryl methyl sites for hydroxylation is 1. The van der Waals surface area contributed by atoms with Gasteiger partial charge in [-0.05, 0) is 57.5 Å². The van der Waals surface area contributed by atoms with Crippen molar-refractivity contribution in [3.63, 3.8) is 0 Å². The van der Waals surface area contributed by atoms with Crippen molar-refractivity contribution < 1.29 is 19.4 Å². The van der Waals surface area contributed by atoms with Crippen molar-refractivity contribution >= 4 is 11.6 Å². The summed E-state index contributed by atoms with van der Waals surface area (Å²) in [4.78, 5) is 32.9. The molecule has 1 saturated heterocycles. The average molecular weight is 477 g/mol. The number of benzene rings is 1. The number of aromatic nitrogens is 1. The number of ether oxygens (including phenoxy) is 1. The van der Waals surface area contributed by atoms with Crippen molar-refractivity contribution in [2.45, 2.75) is 58.3 Å². The Labute approximate surface area is 205 Å². The van der Waals surface area contributed by atoms with Crippen LogP contribution in [0.15, 0.2) is 30.5 Å². The van der Waals surface area contributed by atoms with E-state index in [2.05, 4.69) is 16.4 Å². The maximum Gasteiger partial charge on any atom is 0.163 e. The van der Waals surface area contributed by atoms with Gasteiger partial charge in [-0.1, -0.05) is 0 Å². The minimum absolute atomic E-state index is 0.107. The van der Waals surface area contributed by atoms with Crippen LogP contribution in [0, 0.1) is 23.7 Å². The maximum atomic E-state index is 13.3. The van der Waals surface area contributed by atoms with E-state index >= 15 is 0 Å². The lowest BCUT2D eigenvalue weighted by molar-refractivity contribution is -0.162. The second-order valence-corrected chi connectivity index (χ2v) is 10.8. The summed E-state index contributed by atoms with van der Waals surface area (Å²) < 4.78 is 5.64. The van der Waals surface area contributed by atoms with Gasteiger partial charge >= 0.3 is 0 Å². The molecule has 0 radical (unpaired) electrons. The van der Waals surface area contributed by atoms with Crippen molar-refractivity contribution in [3.05, 3.63) is 47.2 Å². The fourth-order valence-electron chi connectivity index (χ4n) is 5.28. The van der Waals surface area contributed by atoms with E-state index in [4.69, 9.17) is 10.00 Å². The average Bonchev–Trinajstić information content (AvgIpc) is 2.76. The third-order valence-corrected chi connectivity index (χ3v) is 6.77. The second kappa shape index (κ2) is 9.15. The van der Waals surface area contributed by atoms with Gasteiger partial charge in [-0.15, -0.1) is 0 Å². The summed E-state index contributed by atoms with van der Waals surface area (Å²) in [7, 11) is 1.53. The number of Topliss-reactive ketones (excluding diaryl/α,β-unsaturated/α-hetero) is 2. The molecular formula is C27H32N4O4. The Morgan fingerprint density at radius 3 is 2.40 bits per heavy atom. The molecule has 2 aromatic rings. The Balaban J connectivity index is 1.55. The molecule has 2 aliphatic rings. The predicted molar refractivity (Wildman–Crippen MR) is 131 cm³/mol. The number of rotatable bonds is 5. The van der Waals surface area contributed by atoms with Crippen LogP contribution in [0.5, 0.6) is 5.75 Å². The Bertz CT molecular complexity index is 1170. The molecule has 0 amide bonds. The van der Waals surface area contributed by atoms with Crippen LogP contribution in [0.3, 0.4) is 0 Å². The van der Waals surface area contributed by atoms with Crippen molar-refractivity contribution in [1.82, 2.24) is 15.2 Å². The minimum atomic E-state index is -0.856. The Morgan fingerprint density at radius 1 is 1.23 bits per heavy atom. The summed E-state index contributed by atoms with van der Waals surface area (Å²) in [6, 6.07) is 9.20. The standard InChI is InChI=1S/C27H32N4O4/c1-16-8-18(19-7-6-17(12-28)13-29-19)9-22(35-5)23(16)24-20(32)10-27(11-21(24)33)14-31(15-27)25(34)30-26(2,3)4/h6-9,13,24-25,30,34H,10-11,14-15H2,1-5H3. The topological polar surface area (TPSA) is 116 Å². The number of aliphatic hydroxyl groups excluding tert-OH is 1. The number of hydrogen-bond donors (Lipinski definition) is 2. The van der Waals surface area contributed by atoms with Crippen LogP contribution in [-0.2, 0) is 9.59 Å². The maximum absolute atomic E-state index is 13.3. The first kappa shape index (κ1) is 25.0. The molecule has 35 heavy (non-hydrogen) atoms. The molecule has 8 heteroatoms. The monoisotopic (exact) mass is 476 g/mol. The summed E-state index contributed by atoms with van der Waals surface area (Å²) in [6.07, 6.45) is 1.29. The first-order valence-electron chi connectivity index (χ1n) is 11.8. The smallest absolute Gasteiger partial charge is 0.163 e. The quantitative estimate of drug-likeness (QED) is 0.500. The van der Waals surface area contributed by atoms with Crippen molar-refractivity contribution in [3.8, 4) is 23.1 Å². The fraction of sp³-hybridized carbons (Fsp3) is 0.481. The van der Waals surface area contributed by atoms with Crippen molar-refractivity contribution in [2.24, 2.45) is 5.41 Å². The lowest BCUT2D eigenvalue weighted by Gasteiger charge is -2.54. The summed E-state index contributed by atoms with van der Waals surface area (Å²) in [5, 5.41) is 22.6. The Kier molecular flexibility index (Phi) is 6.54. The molecule has 1 aromatic heterocycles. The van der Waals surface area contributed by atoms with Crippen molar-refractivity contribution in [2.75, 3.05) is 20.2 Å². The third kappa shape index (κ3) is 4.98. The molecule has 1 spiro atoms. The number of carbonyl (C=O) groups excluding carboxylic acids is 2. The van der Waals surface area contributed by atoms with E-state index in [0.29, 0.717) is 48.5 Å². The van der Waals surface area contributed by atoms with Gasteiger partial charge in [0.15, 0.2) is 6.35 Å². The molecule has 184 valence electrons. The van der Waals surface area contributed by atoms with E-state index in [-0.39, 0.29) is 17.1 Å². The van der Waals surface area contributed by atoms with Gasteiger partial charge in [0.1, 0.15) is 29.3 Å². The molecule has 2 N–H and O–H groups in total. The molecule has 1 aliphatic carbocycles. The van der Waals surface area contributed by atoms with E-state index in [0.717, 1.165) is 11.1 Å². The highest BCUT2D eigenvalue weighted by molar-refractivity contribution is 6.11. The zero-order valence-electron chi connectivity index (χ0n) is 20.9. The number of nitrogens with one attached hydrogen (secondary N) is 1. The summed E-state index contributed by atoms with van der Waals surface area (Å²) >= 11 is 0. The van der Waals surface area contributed by atoms with Crippen molar-refractivity contribution in [1.29, 1.82) is 5.26 Å². The molecule has 8 nitrogen and oxygen atoms in total. The third-order valence-electron chi connectivity index (χ3n) is 6.77. The normalized spacial score (nSPS) is 19.3. The SMILES string of the molecule is COc1cc(-c2ccc(C#N)cn2)cc(C)c1C1C(=O)CC2(CC1=O)CN(C(O)NC(C)(C)C)C2. The van der Waals surface area contributed by atoms with Crippen LogP contribution in [0.1, 0.15) is 56.2 Å². The number of carbonyl (C=O) groups is 2. The highest BCUT2D eigenvalue weighted by Crippen LogP contribution is 2.47. The molecule has 1 saturated carbocycles. The van der Waals surface area contributed by atoms with Gasteiger partial charge < -0.3 is 9.84 Å². The second-order valence-electron chi connectivity index (χ2n) is 10.8. The summed E-state index contributed by atoms with van der Waals surface area (Å²) in [5.41, 5.74) is 2.66. The molecule has 4 rings (SSSR count). The zero-order chi connectivity index (χ0) is 25.5. The number of nitriles is 1. The van der Waals surface area contributed by atoms with E-state index in [9.17, 15) is 14.7 Å². The number of nitrogens with zero attached hydrogens (tertiary/aromatic N) is 3. The highest BCUT2D eigenvalue weighted by Gasteiger charge is 2.54. The summed E-state index contributed by atoms with van der Waals surface area (Å²) in [6.45, 7) is 8.80. The van der Waals surface area contributed by atoms with E-state index in [1.807, 2.05) is 38.7 Å². The number of likely N-dealkylation sites (tertiary alicyclic amines) is 1. The molecule has 1 atom stereocenters. The van der Waals surface area contributed by atoms with Gasteiger partial charge in [-0.3, -0.25) is 24.8 Å². The molecule has 1 aliphatic heterocycles. The van der Waals surface area contributed by atoms with Crippen LogP contribution in [0.25, 0.3) is 11.3 Å². The Hall–Kier alpha value is -3.12. The van der Waals surface area contributed by atoms with E-state index in [1.165, 1.54) is 13.3 Å². The van der Waals surface area contributed by atoms with Gasteiger partial charge in [0, 0.05) is 54.2 Å². The summed E-state index contributed by atoms with van der Waals surface area (Å²) in [5.74, 6) is -0.589. The van der Waals surface area contributed by atoms with Gasteiger partial charge in [0.05, 0.1) is 18.4 Å². The lowest BCUT2D eigenvalue weighted by atomic mass is 9.63. The van der Waals surface area contributed by atoms with E-state index < -0.39 is 17.7 Å². The zero-order valence-corrected chi connectivity index (χ0v) is 20.9. The molecule has 1 unspecified atom stereocenters. The minimum Gasteiger partial charge on any atom is -0.496 e. The largest absolute Gasteiger partial charge is 0.496 e. The van der Waals surface area contributed by atoms with Crippen LogP contribution in [0.4, 0.5) is 0 Å².